The van der Waals surface area contributed by atoms with Crippen molar-refractivity contribution in [2.45, 2.75) is 52.9 Å². The third-order valence-corrected chi connectivity index (χ3v) is 9.41. The molecule has 4 rings (SSSR count). The van der Waals surface area contributed by atoms with Gasteiger partial charge in [-0.05, 0) is 60.4 Å². The van der Waals surface area contributed by atoms with Crippen LogP contribution in [0.3, 0.4) is 0 Å². The number of alkyl halides is 6. The monoisotopic (exact) mass is 590 g/mol. The first kappa shape index (κ1) is 29.5. The van der Waals surface area contributed by atoms with Crippen LogP contribution in [0.25, 0.3) is 0 Å². The minimum absolute atomic E-state index is 0.0428. The summed E-state index contributed by atoms with van der Waals surface area (Å²) < 4.78 is 119. The molecule has 3 aromatic rings. The van der Waals surface area contributed by atoms with Gasteiger partial charge in [0.05, 0.1) is 11.3 Å². The van der Waals surface area contributed by atoms with E-state index in [1.807, 2.05) is 0 Å². The average molecular weight is 591 g/mol. The number of amides is 1. The Balaban J connectivity index is 1.68. The predicted octanol–water partition coefficient (Wildman–Crippen LogP) is 4.72. The third kappa shape index (κ3) is 5.05. The molecular weight excluding hydrogens is 569 g/mol. The minimum Gasteiger partial charge on any atom is -0.369 e. The van der Waals surface area contributed by atoms with E-state index in [2.05, 4.69) is 10.3 Å². The van der Waals surface area contributed by atoms with E-state index in [0.29, 0.717) is 17.7 Å². The number of nitrogens with zero attached hydrogens (tertiary/aromatic N) is 1. The van der Waals surface area contributed by atoms with Crippen LogP contribution >= 0.6 is 0 Å². The number of hydrogen-bond donors (Lipinski definition) is 2. The Morgan fingerprint density at radius 2 is 1.43 bits per heavy atom. The van der Waals surface area contributed by atoms with Crippen LogP contribution in [0.4, 0.5) is 30.7 Å². The molecule has 0 unspecified atom stereocenters. The number of aromatic nitrogens is 1. The normalized spacial score (nSPS) is 20.1. The summed E-state index contributed by atoms with van der Waals surface area (Å²) >= 11 is 0. The highest BCUT2D eigenvalue weighted by atomic mass is 32.2. The molecule has 0 spiro atoms. The Morgan fingerprint density at radius 3 is 1.93 bits per heavy atom. The number of pyridine rings is 1. The molecule has 1 aliphatic carbocycles. The van der Waals surface area contributed by atoms with Gasteiger partial charge in [0, 0.05) is 24.0 Å². The van der Waals surface area contributed by atoms with Crippen molar-refractivity contribution in [3.05, 3.63) is 95.6 Å². The molecule has 1 heterocycles. The number of carbonyl (C=O) groups is 1. The molecule has 6 nitrogen and oxygen atoms in total. The average Bonchev–Trinajstić information content (AvgIpc) is 2.85. The van der Waals surface area contributed by atoms with Gasteiger partial charge in [-0.25, -0.2) is 12.8 Å². The van der Waals surface area contributed by atoms with E-state index in [1.54, 1.807) is 12.1 Å². The molecule has 0 atom stereocenters. The third-order valence-electron chi connectivity index (χ3n) is 6.92. The van der Waals surface area contributed by atoms with E-state index < -0.39 is 55.9 Å². The van der Waals surface area contributed by atoms with Gasteiger partial charge in [0.25, 0.3) is 5.60 Å². The molecule has 2 aromatic carbocycles. The zero-order valence-electron chi connectivity index (χ0n) is 20.3. The van der Waals surface area contributed by atoms with Crippen LogP contribution < -0.4 is 5.32 Å². The fourth-order valence-corrected chi connectivity index (χ4v) is 6.99. The molecule has 14 heteroatoms. The molecule has 1 aromatic heterocycles. The Labute approximate surface area is 223 Å². The molecule has 40 heavy (non-hydrogen) atoms. The van der Waals surface area contributed by atoms with Gasteiger partial charge in [0.2, 0.25) is 5.91 Å². The van der Waals surface area contributed by atoms with Crippen LogP contribution in [0.2, 0.25) is 0 Å². The second kappa shape index (κ2) is 10.1. The van der Waals surface area contributed by atoms with Crippen LogP contribution in [0, 0.1) is 5.82 Å². The standard InChI is InChI=1S/C26H21F7N2O4S/c27-19-5-7-21(8-6-19)40(38,39)23(14-20(15-23)35-22(36)13-16-9-11-34-12-10-16)17-1-3-18(4-2-17)24(37,25(28,29)30)26(31,32)33/h1-12,20,37H,13-15H2,(H,35,36)/t20-,23+. The predicted molar refractivity (Wildman–Crippen MR) is 127 cm³/mol. The molecule has 0 bridgehead atoms. The fraction of sp³-hybridized carbons (Fsp3) is 0.308. The van der Waals surface area contributed by atoms with Crippen molar-refractivity contribution < 1.29 is 49.1 Å². The first-order valence-corrected chi connectivity index (χ1v) is 13.1. The summed E-state index contributed by atoms with van der Waals surface area (Å²) in [6.45, 7) is 0. The number of carbonyl (C=O) groups excluding carboxylic acids is 1. The highest BCUT2D eigenvalue weighted by Crippen LogP contribution is 2.53. The van der Waals surface area contributed by atoms with Crippen LogP contribution in [0.5, 0.6) is 0 Å². The quantitative estimate of drug-likeness (QED) is 0.307. The van der Waals surface area contributed by atoms with Crippen molar-refractivity contribution in [3.8, 4) is 0 Å². The summed E-state index contributed by atoms with van der Waals surface area (Å²) in [6, 6.07) is 8.55. The maximum atomic E-state index is 13.7. The van der Waals surface area contributed by atoms with E-state index in [0.717, 1.165) is 36.4 Å². The molecule has 1 saturated carbocycles. The summed E-state index contributed by atoms with van der Waals surface area (Å²) in [6.07, 6.45) is -9.85. The van der Waals surface area contributed by atoms with E-state index in [9.17, 15) is 49.1 Å². The first-order chi connectivity index (χ1) is 18.5. The summed E-state index contributed by atoms with van der Waals surface area (Å²) in [5, 5.41) is 12.4. The molecule has 2 N–H and O–H groups in total. The van der Waals surface area contributed by atoms with Gasteiger partial charge in [-0.15, -0.1) is 0 Å². The van der Waals surface area contributed by atoms with Crippen molar-refractivity contribution in [3.63, 3.8) is 0 Å². The summed E-state index contributed by atoms with van der Waals surface area (Å²) in [5.41, 5.74) is -6.27. The highest BCUT2D eigenvalue weighted by Gasteiger charge is 2.71. The molecule has 1 aliphatic rings. The van der Waals surface area contributed by atoms with E-state index >= 15 is 0 Å². The zero-order chi connectivity index (χ0) is 29.6. The van der Waals surface area contributed by atoms with E-state index in [1.165, 1.54) is 12.4 Å². The maximum Gasteiger partial charge on any atom is 0.430 e. The molecule has 0 radical (unpaired) electrons. The lowest BCUT2D eigenvalue weighted by atomic mass is 9.74. The lowest BCUT2D eigenvalue weighted by Gasteiger charge is -2.47. The Morgan fingerprint density at radius 1 is 0.900 bits per heavy atom. The van der Waals surface area contributed by atoms with Crippen LogP contribution in [0.15, 0.2) is 78.0 Å². The largest absolute Gasteiger partial charge is 0.430 e. The molecule has 0 saturated heterocycles. The lowest BCUT2D eigenvalue weighted by Crippen LogP contribution is -2.57. The smallest absolute Gasteiger partial charge is 0.369 e. The highest BCUT2D eigenvalue weighted by molar-refractivity contribution is 7.92. The number of sulfone groups is 1. The van der Waals surface area contributed by atoms with Crippen molar-refractivity contribution in [2.75, 3.05) is 0 Å². The van der Waals surface area contributed by atoms with Gasteiger partial charge in [-0.3, -0.25) is 9.78 Å². The SMILES string of the molecule is O=C(Cc1ccncc1)N[C@H]1C[C@@](c2ccc(C(O)(C(F)(F)F)C(F)(F)F)cc2)(S(=O)(=O)c2ccc(F)cc2)C1. The number of benzene rings is 2. The number of rotatable bonds is 7. The number of halogens is 7. The minimum atomic E-state index is -6.12. The van der Waals surface area contributed by atoms with Gasteiger partial charge in [0.15, 0.2) is 9.84 Å². The molecule has 1 fully saturated rings. The Kier molecular flexibility index (Phi) is 7.47. The molecule has 0 aliphatic heterocycles. The van der Waals surface area contributed by atoms with Gasteiger partial charge in [-0.2, -0.15) is 26.3 Å². The van der Waals surface area contributed by atoms with Gasteiger partial charge < -0.3 is 10.4 Å². The van der Waals surface area contributed by atoms with Crippen LogP contribution in [-0.2, 0) is 31.4 Å². The van der Waals surface area contributed by atoms with Crippen LogP contribution in [0.1, 0.15) is 29.5 Å². The maximum absolute atomic E-state index is 13.7. The second-order valence-electron chi connectivity index (χ2n) is 9.44. The molecule has 1 amide bonds. The Hall–Kier alpha value is -3.52. The zero-order valence-corrected chi connectivity index (χ0v) is 21.1. The molecule has 214 valence electrons. The first-order valence-electron chi connectivity index (χ1n) is 11.7. The lowest BCUT2D eigenvalue weighted by molar-refractivity contribution is -0.376. The summed E-state index contributed by atoms with van der Waals surface area (Å²) in [4.78, 5) is 16.0. The summed E-state index contributed by atoms with van der Waals surface area (Å²) in [7, 11) is -4.40. The number of aliphatic hydroxyl groups is 1. The fourth-order valence-electron chi connectivity index (χ4n) is 4.76. The number of nitrogens with one attached hydrogen (secondary N) is 1. The second-order valence-corrected chi connectivity index (χ2v) is 11.7. The van der Waals surface area contributed by atoms with E-state index in [4.69, 9.17) is 0 Å². The topological polar surface area (TPSA) is 96.4 Å². The number of hydrogen-bond acceptors (Lipinski definition) is 5. The van der Waals surface area contributed by atoms with E-state index in [-0.39, 0.29) is 29.7 Å². The summed E-state index contributed by atoms with van der Waals surface area (Å²) in [5.74, 6) is -1.18. The van der Waals surface area contributed by atoms with Crippen molar-refractivity contribution in [2.24, 2.45) is 0 Å². The van der Waals surface area contributed by atoms with Crippen LogP contribution in [-0.4, -0.2) is 42.8 Å². The molecular formula is C26H21F7N2O4S. The van der Waals surface area contributed by atoms with Gasteiger partial charge in [-0.1, -0.05) is 24.3 Å². The van der Waals surface area contributed by atoms with Crippen molar-refractivity contribution in [1.82, 2.24) is 10.3 Å². The van der Waals surface area contributed by atoms with Crippen molar-refractivity contribution in [1.29, 1.82) is 0 Å². The van der Waals surface area contributed by atoms with Crippen molar-refractivity contribution >= 4 is 15.7 Å². The van der Waals surface area contributed by atoms with Gasteiger partial charge >= 0.3 is 12.4 Å². The van der Waals surface area contributed by atoms with Gasteiger partial charge in [0.1, 0.15) is 10.6 Å². The Bertz CT molecular complexity index is 1450.